The van der Waals surface area contributed by atoms with Gasteiger partial charge < -0.3 is 15.4 Å². The molecule has 2 heterocycles. The minimum absolute atomic E-state index is 0.114. The van der Waals surface area contributed by atoms with Crippen LogP contribution in [0.25, 0.3) is 0 Å². The van der Waals surface area contributed by atoms with Crippen LogP contribution < -0.4 is 10.5 Å². The number of likely N-dealkylation sites (tertiary alicyclic amines) is 1. The van der Waals surface area contributed by atoms with E-state index in [4.69, 9.17) is 22.1 Å². The van der Waals surface area contributed by atoms with E-state index in [0.29, 0.717) is 25.4 Å². The largest absolute Gasteiger partial charge is 0.473 e. The molecule has 0 bridgehead atoms. The number of carbonyl (C=O) groups is 2. The number of nitrogens with two attached hydrogens (primary N) is 1. The van der Waals surface area contributed by atoms with Gasteiger partial charge in [0.1, 0.15) is 6.61 Å². The van der Waals surface area contributed by atoms with E-state index < -0.39 is 5.91 Å². The Morgan fingerprint density at radius 2 is 2.33 bits per heavy atom. The lowest BCUT2D eigenvalue weighted by molar-refractivity contribution is -0.121. The summed E-state index contributed by atoms with van der Waals surface area (Å²) < 4.78 is 5.29. The van der Waals surface area contributed by atoms with Crippen LogP contribution >= 0.6 is 11.6 Å². The molecule has 0 radical (unpaired) electrons. The van der Waals surface area contributed by atoms with Crippen LogP contribution in [0, 0.1) is 5.92 Å². The smallest absolute Gasteiger partial charge is 0.274 e. The Morgan fingerprint density at radius 3 is 2.95 bits per heavy atom. The Kier molecular flexibility index (Phi) is 4.80. The van der Waals surface area contributed by atoms with E-state index in [0.717, 1.165) is 0 Å². The van der Waals surface area contributed by atoms with Crippen molar-refractivity contribution in [3.8, 4) is 5.88 Å². The average Bonchev–Trinajstić information content (AvgIpc) is 2.95. The van der Waals surface area contributed by atoms with Crippen molar-refractivity contribution in [1.82, 2.24) is 9.88 Å². The number of hydrogen-bond acceptors (Lipinski definition) is 4. The minimum Gasteiger partial charge on any atom is -0.473 e. The van der Waals surface area contributed by atoms with Crippen molar-refractivity contribution in [1.29, 1.82) is 0 Å². The number of rotatable bonds is 5. The normalized spacial score (nSPS) is 17.6. The second-order valence-corrected chi connectivity index (χ2v) is 5.13. The third-order valence-electron chi connectivity index (χ3n) is 3.25. The van der Waals surface area contributed by atoms with Crippen molar-refractivity contribution in [3.05, 3.63) is 35.5 Å². The van der Waals surface area contributed by atoms with E-state index in [2.05, 4.69) is 11.6 Å². The molecule has 1 aliphatic heterocycles. The van der Waals surface area contributed by atoms with Crippen LogP contribution in [-0.4, -0.2) is 41.4 Å². The zero-order valence-corrected chi connectivity index (χ0v) is 12.2. The van der Waals surface area contributed by atoms with Gasteiger partial charge in [0.05, 0.1) is 10.9 Å². The molecule has 1 aromatic rings. The molecule has 0 aromatic carbocycles. The first-order valence-corrected chi connectivity index (χ1v) is 6.89. The van der Waals surface area contributed by atoms with Crippen LogP contribution in [-0.2, 0) is 4.79 Å². The van der Waals surface area contributed by atoms with Crippen molar-refractivity contribution >= 4 is 23.4 Å². The molecule has 1 aromatic heterocycles. The van der Waals surface area contributed by atoms with Gasteiger partial charge in [0.15, 0.2) is 5.69 Å². The van der Waals surface area contributed by atoms with Gasteiger partial charge in [-0.3, -0.25) is 9.59 Å². The van der Waals surface area contributed by atoms with Crippen molar-refractivity contribution in [2.45, 2.75) is 6.42 Å². The molecule has 7 heteroatoms. The third-order valence-corrected chi connectivity index (χ3v) is 3.55. The number of pyridine rings is 1. The van der Waals surface area contributed by atoms with Crippen LogP contribution in [0.1, 0.15) is 16.9 Å². The van der Waals surface area contributed by atoms with Crippen molar-refractivity contribution in [2.75, 3.05) is 19.7 Å². The van der Waals surface area contributed by atoms with E-state index >= 15 is 0 Å². The molecule has 0 unspecified atom stereocenters. The van der Waals surface area contributed by atoms with E-state index in [1.807, 2.05) is 0 Å². The summed E-state index contributed by atoms with van der Waals surface area (Å²) in [6.45, 7) is 4.58. The molecule has 1 atom stereocenters. The lowest BCUT2D eigenvalue weighted by Gasteiger charge is -2.16. The predicted molar refractivity (Wildman–Crippen MR) is 78.1 cm³/mol. The Hall–Kier alpha value is -2.08. The number of aromatic nitrogens is 1. The van der Waals surface area contributed by atoms with Gasteiger partial charge >= 0.3 is 0 Å². The standard InChI is InChI=1S/C14H16ClN3O3/c1-2-7-21-11-4-3-10(15)12(17-11)14(20)18-6-5-9(8-18)13(16)19/h2-4,9H,1,5-8H2,(H2,16,19)/t9-/m1/s1. The summed E-state index contributed by atoms with van der Waals surface area (Å²) in [7, 11) is 0. The first-order chi connectivity index (χ1) is 10.0. The number of ether oxygens (including phenoxy) is 1. The highest BCUT2D eigenvalue weighted by Crippen LogP contribution is 2.23. The topological polar surface area (TPSA) is 85.5 Å². The van der Waals surface area contributed by atoms with Crippen molar-refractivity contribution in [3.63, 3.8) is 0 Å². The maximum atomic E-state index is 12.4. The molecule has 0 aliphatic carbocycles. The summed E-state index contributed by atoms with van der Waals surface area (Å²) in [6.07, 6.45) is 2.14. The molecule has 112 valence electrons. The number of carbonyl (C=O) groups excluding carboxylic acids is 2. The first-order valence-electron chi connectivity index (χ1n) is 6.51. The van der Waals surface area contributed by atoms with Crippen molar-refractivity contribution in [2.24, 2.45) is 11.7 Å². The molecule has 6 nitrogen and oxygen atoms in total. The first kappa shape index (κ1) is 15.3. The van der Waals surface area contributed by atoms with E-state index in [1.165, 1.54) is 4.90 Å². The van der Waals surface area contributed by atoms with Crippen molar-refractivity contribution < 1.29 is 14.3 Å². The average molecular weight is 310 g/mol. The van der Waals surface area contributed by atoms with Crippen LogP contribution in [0.2, 0.25) is 5.02 Å². The molecule has 2 amide bonds. The summed E-state index contributed by atoms with van der Waals surface area (Å²) in [5.41, 5.74) is 5.37. The lowest BCUT2D eigenvalue weighted by Crippen LogP contribution is -2.32. The van der Waals surface area contributed by atoms with Gasteiger partial charge in [0.2, 0.25) is 11.8 Å². The number of primary amides is 1. The molecular formula is C14H16ClN3O3. The van der Waals surface area contributed by atoms with Gasteiger partial charge in [-0.15, -0.1) is 0 Å². The monoisotopic (exact) mass is 309 g/mol. The predicted octanol–water partition coefficient (Wildman–Crippen LogP) is 1.25. The fraction of sp³-hybridized carbons (Fsp3) is 0.357. The second kappa shape index (κ2) is 6.58. The molecule has 2 rings (SSSR count). The van der Waals surface area contributed by atoms with Crippen LogP contribution in [0.5, 0.6) is 5.88 Å². The Bertz CT molecular complexity index is 577. The van der Waals surface area contributed by atoms with E-state index in [1.54, 1.807) is 18.2 Å². The fourth-order valence-electron chi connectivity index (χ4n) is 2.13. The molecule has 21 heavy (non-hydrogen) atoms. The highest BCUT2D eigenvalue weighted by Gasteiger charge is 2.31. The quantitative estimate of drug-likeness (QED) is 0.829. The maximum Gasteiger partial charge on any atom is 0.274 e. The fourth-order valence-corrected chi connectivity index (χ4v) is 2.31. The lowest BCUT2D eigenvalue weighted by atomic mass is 10.1. The zero-order chi connectivity index (χ0) is 15.4. The minimum atomic E-state index is -0.396. The molecule has 1 saturated heterocycles. The number of halogens is 1. The molecule has 1 aliphatic rings. The number of hydrogen-bond donors (Lipinski definition) is 1. The van der Waals surface area contributed by atoms with Gasteiger partial charge in [-0.25, -0.2) is 4.98 Å². The van der Waals surface area contributed by atoms with Gasteiger partial charge in [-0.2, -0.15) is 0 Å². The highest BCUT2D eigenvalue weighted by atomic mass is 35.5. The summed E-state index contributed by atoms with van der Waals surface area (Å²) >= 11 is 6.03. The molecule has 0 spiro atoms. The SMILES string of the molecule is C=CCOc1ccc(Cl)c(C(=O)N2CC[C@@H](C(N)=O)C2)n1. The summed E-state index contributed by atoms with van der Waals surface area (Å²) in [4.78, 5) is 29.2. The number of amides is 2. The highest BCUT2D eigenvalue weighted by molar-refractivity contribution is 6.33. The Balaban J connectivity index is 2.15. The summed E-state index contributed by atoms with van der Waals surface area (Å²) in [6, 6.07) is 3.14. The summed E-state index contributed by atoms with van der Waals surface area (Å²) in [5, 5.41) is 0.244. The molecule has 1 fully saturated rings. The van der Waals surface area contributed by atoms with E-state index in [9.17, 15) is 9.59 Å². The third kappa shape index (κ3) is 3.52. The Morgan fingerprint density at radius 1 is 1.57 bits per heavy atom. The molecular weight excluding hydrogens is 294 g/mol. The van der Waals surface area contributed by atoms with Gasteiger partial charge in [-0.1, -0.05) is 24.3 Å². The van der Waals surface area contributed by atoms with Gasteiger partial charge in [0.25, 0.3) is 5.91 Å². The zero-order valence-electron chi connectivity index (χ0n) is 11.4. The maximum absolute atomic E-state index is 12.4. The summed E-state index contributed by atoms with van der Waals surface area (Å²) in [5.74, 6) is -0.735. The second-order valence-electron chi connectivity index (χ2n) is 4.72. The number of nitrogens with zero attached hydrogens (tertiary/aromatic N) is 2. The Labute approximate surface area is 127 Å². The van der Waals surface area contributed by atoms with E-state index in [-0.39, 0.29) is 29.1 Å². The molecule has 2 N–H and O–H groups in total. The van der Waals surface area contributed by atoms with Gasteiger partial charge in [0, 0.05) is 19.2 Å². The molecule has 0 saturated carbocycles. The van der Waals surface area contributed by atoms with Crippen LogP contribution in [0.4, 0.5) is 0 Å². The van der Waals surface area contributed by atoms with Crippen LogP contribution in [0.3, 0.4) is 0 Å². The van der Waals surface area contributed by atoms with Crippen LogP contribution in [0.15, 0.2) is 24.8 Å². The van der Waals surface area contributed by atoms with Gasteiger partial charge in [-0.05, 0) is 12.5 Å².